The number of aromatic nitrogens is 1. The molecular formula is C19H27N3O4. The van der Waals surface area contributed by atoms with E-state index in [1.54, 1.807) is 17.2 Å². The molecule has 0 aliphatic carbocycles. The van der Waals surface area contributed by atoms with Gasteiger partial charge in [-0.05, 0) is 45.7 Å². The number of carbonyl (C=O) groups is 2. The first-order valence-electron chi connectivity index (χ1n) is 9.25. The molecule has 3 rings (SSSR count). The number of ether oxygens (including phenoxy) is 1. The number of likely N-dealkylation sites (tertiary alicyclic amines) is 1. The third kappa shape index (κ3) is 3.98. The second kappa shape index (κ2) is 7.61. The third-order valence-electron chi connectivity index (χ3n) is 5.23. The summed E-state index contributed by atoms with van der Waals surface area (Å²) in [5.74, 6) is -0.637. The predicted molar refractivity (Wildman–Crippen MR) is 97.3 cm³/mol. The van der Waals surface area contributed by atoms with Crippen molar-refractivity contribution in [3.8, 4) is 0 Å². The summed E-state index contributed by atoms with van der Waals surface area (Å²) in [6, 6.07) is 3.69. The maximum Gasteiger partial charge on any atom is 0.308 e. The Balaban J connectivity index is 1.71. The molecule has 4 atom stereocenters. The molecule has 2 saturated heterocycles. The quantitative estimate of drug-likeness (QED) is 0.887. The molecule has 0 aromatic carbocycles. The molecule has 7 nitrogen and oxygen atoms in total. The van der Waals surface area contributed by atoms with Gasteiger partial charge in [-0.3, -0.25) is 9.59 Å². The van der Waals surface area contributed by atoms with Crippen LogP contribution in [0.1, 0.15) is 44.0 Å². The number of pyridine rings is 1. The van der Waals surface area contributed by atoms with E-state index < -0.39 is 11.9 Å². The fourth-order valence-electron chi connectivity index (χ4n) is 3.82. The minimum atomic E-state index is -0.835. The van der Waals surface area contributed by atoms with Gasteiger partial charge in [0, 0.05) is 31.9 Å². The highest BCUT2D eigenvalue weighted by Gasteiger charge is 2.33. The number of hydrogen-bond donors (Lipinski definition) is 1. The van der Waals surface area contributed by atoms with Crippen molar-refractivity contribution in [2.24, 2.45) is 5.92 Å². The van der Waals surface area contributed by atoms with Crippen LogP contribution in [0.15, 0.2) is 18.3 Å². The normalized spacial score (nSPS) is 29.5. The zero-order chi connectivity index (χ0) is 18.8. The number of carboxylic acid groups (broad SMARTS) is 1. The van der Waals surface area contributed by atoms with Crippen molar-refractivity contribution in [2.75, 3.05) is 24.5 Å². The number of amides is 1. The molecule has 0 saturated carbocycles. The van der Waals surface area contributed by atoms with Crippen LogP contribution in [0.5, 0.6) is 0 Å². The molecule has 2 aliphatic heterocycles. The Hall–Kier alpha value is -2.15. The molecule has 0 spiro atoms. The predicted octanol–water partition coefficient (Wildman–Crippen LogP) is 2.02. The van der Waals surface area contributed by atoms with Crippen LogP contribution in [0.2, 0.25) is 0 Å². The van der Waals surface area contributed by atoms with Gasteiger partial charge in [0.2, 0.25) is 0 Å². The van der Waals surface area contributed by atoms with Crippen molar-refractivity contribution in [2.45, 2.75) is 51.9 Å². The van der Waals surface area contributed by atoms with E-state index in [4.69, 9.17) is 4.74 Å². The fourth-order valence-corrected chi connectivity index (χ4v) is 3.82. The molecule has 1 aromatic heterocycles. The first kappa shape index (κ1) is 18.6. The molecule has 0 bridgehead atoms. The molecule has 2 aliphatic rings. The van der Waals surface area contributed by atoms with Crippen LogP contribution in [-0.2, 0) is 9.53 Å². The van der Waals surface area contributed by atoms with Crippen molar-refractivity contribution in [1.29, 1.82) is 0 Å². The molecule has 142 valence electrons. The average Bonchev–Trinajstić information content (AvgIpc) is 2.60. The zero-order valence-corrected chi connectivity index (χ0v) is 15.6. The Kier molecular flexibility index (Phi) is 5.46. The Bertz CT molecular complexity index is 653. The van der Waals surface area contributed by atoms with Gasteiger partial charge < -0.3 is 19.6 Å². The van der Waals surface area contributed by atoms with E-state index in [1.807, 2.05) is 26.8 Å². The summed E-state index contributed by atoms with van der Waals surface area (Å²) in [5, 5.41) is 9.25. The minimum absolute atomic E-state index is 0.0405. The second-order valence-corrected chi connectivity index (χ2v) is 7.49. The SMILES string of the molecule is CC1CN(c2ccc(C(=O)N3CC(C(=O)O)CCC3C)cn2)CC(C)O1. The summed E-state index contributed by atoms with van der Waals surface area (Å²) >= 11 is 0. The summed E-state index contributed by atoms with van der Waals surface area (Å²) in [5.41, 5.74) is 0.501. The maximum absolute atomic E-state index is 12.8. The Labute approximate surface area is 153 Å². The highest BCUT2D eigenvalue weighted by atomic mass is 16.5. The van der Waals surface area contributed by atoms with Crippen molar-refractivity contribution in [3.63, 3.8) is 0 Å². The number of hydrogen-bond acceptors (Lipinski definition) is 5. The average molecular weight is 361 g/mol. The molecule has 2 fully saturated rings. The van der Waals surface area contributed by atoms with Gasteiger partial charge in [0.05, 0.1) is 23.7 Å². The van der Waals surface area contributed by atoms with Gasteiger partial charge in [0.15, 0.2) is 0 Å². The third-order valence-corrected chi connectivity index (χ3v) is 5.23. The highest BCUT2D eigenvalue weighted by molar-refractivity contribution is 5.94. The largest absolute Gasteiger partial charge is 0.481 e. The van der Waals surface area contributed by atoms with Crippen molar-refractivity contribution >= 4 is 17.7 Å². The smallest absolute Gasteiger partial charge is 0.308 e. The summed E-state index contributed by atoms with van der Waals surface area (Å²) in [6.07, 6.45) is 3.20. The number of rotatable bonds is 3. The first-order chi connectivity index (χ1) is 12.3. The molecule has 1 N–H and O–H groups in total. The number of anilines is 1. The maximum atomic E-state index is 12.8. The highest BCUT2D eigenvalue weighted by Crippen LogP contribution is 2.25. The van der Waals surface area contributed by atoms with Gasteiger partial charge in [-0.2, -0.15) is 0 Å². The van der Waals surface area contributed by atoms with Gasteiger partial charge in [0.1, 0.15) is 5.82 Å². The van der Waals surface area contributed by atoms with Crippen LogP contribution < -0.4 is 4.90 Å². The lowest BCUT2D eigenvalue weighted by Crippen LogP contribution is -2.47. The second-order valence-electron chi connectivity index (χ2n) is 7.49. The summed E-state index contributed by atoms with van der Waals surface area (Å²) in [6.45, 7) is 7.85. The lowest BCUT2D eigenvalue weighted by molar-refractivity contribution is -0.143. The van der Waals surface area contributed by atoms with Gasteiger partial charge in [-0.1, -0.05) is 0 Å². The summed E-state index contributed by atoms with van der Waals surface area (Å²) in [4.78, 5) is 32.4. The first-order valence-corrected chi connectivity index (χ1v) is 9.25. The molecule has 26 heavy (non-hydrogen) atoms. The number of nitrogens with zero attached hydrogens (tertiary/aromatic N) is 3. The van der Waals surface area contributed by atoms with Crippen LogP contribution in [0.4, 0.5) is 5.82 Å². The van der Waals surface area contributed by atoms with Gasteiger partial charge in [-0.15, -0.1) is 0 Å². The number of carbonyl (C=O) groups excluding carboxylic acids is 1. The minimum Gasteiger partial charge on any atom is -0.481 e. The molecule has 3 heterocycles. The van der Waals surface area contributed by atoms with E-state index in [9.17, 15) is 14.7 Å². The molecule has 1 amide bonds. The molecule has 4 unspecified atom stereocenters. The van der Waals surface area contributed by atoms with E-state index in [-0.39, 0.29) is 30.7 Å². The zero-order valence-electron chi connectivity index (χ0n) is 15.6. The van der Waals surface area contributed by atoms with Crippen LogP contribution in [0.3, 0.4) is 0 Å². The van der Waals surface area contributed by atoms with E-state index >= 15 is 0 Å². The van der Waals surface area contributed by atoms with Crippen LogP contribution in [0, 0.1) is 5.92 Å². The number of morpholine rings is 1. The topological polar surface area (TPSA) is 83.0 Å². The van der Waals surface area contributed by atoms with E-state index in [1.165, 1.54) is 0 Å². The number of aliphatic carboxylic acids is 1. The lowest BCUT2D eigenvalue weighted by atomic mass is 9.93. The monoisotopic (exact) mass is 361 g/mol. The van der Waals surface area contributed by atoms with Crippen LogP contribution in [0.25, 0.3) is 0 Å². The molecule has 7 heteroatoms. The van der Waals surface area contributed by atoms with Crippen LogP contribution >= 0.6 is 0 Å². The van der Waals surface area contributed by atoms with Crippen molar-refractivity contribution in [3.05, 3.63) is 23.9 Å². The lowest BCUT2D eigenvalue weighted by Gasteiger charge is -2.37. The van der Waals surface area contributed by atoms with Gasteiger partial charge in [-0.25, -0.2) is 4.98 Å². The summed E-state index contributed by atoms with van der Waals surface area (Å²) in [7, 11) is 0. The standard InChI is InChI=1S/C19H27N3O4/c1-12-4-5-16(19(24)25)11-22(12)18(23)15-6-7-17(20-8-15)21-9-13(2)26-14(3)10-21/h6-8,12-14,16H,4-5,9-11H2,1-3H3,(H,24,25). The Morgan fingerprint density at radius 3 is 2.38 bits per heavy atom. The van der Waals surface area contributed by atoms with E-state index in [2.05, 4.69) is 9.88 Å². The van der Waals surface area contributed by atoms with Gasteiger partial charge >= 0.3 is 5.97 Å². The molecule has 1 aromatic rings. The Morgan fingerprint density at radius 2 is 1.81 bits per heavy atom. The van der Waals surface area contributed by atoms with Crippen molar-refractivity contribution in [1.82, 2.24) is 9.88 Å². The van der Waals surface area contributed by atoms with Crippen LogP contribution in [-0.4, -0.2) is 64.8 Å². The van der Waals surface area contributed by atoms with Gasteiger partial charge in [0.25, 0.3) is 5.91 Å². The van der Waals surface area contributed by atoms with E-state index in [0.717, 1.165) is 18.9 Å². The number of piperidine rings is 1. The number of carboxylic acids is 1. The Morgan fingerprint density at radius 1 is 1.12 bits per heavy atom. The molecular weight excluding hydrogens is 334 g/mol. The van der Waals surface area contributed by atoms with Crippen molar-refractivity contribution < 1.29 is 19.4 Å². The fraction of sp³-hybridized carbons (Fsp3) is 0.632. The summed E-state index contributed by atoms with van der Waals surface area (Å²) < 4.78 is 5.74. The molecule has 0 radical (unpaired) electrons. The van der Waals surface area contributed by atoms with E-state index in [0.29, 0.717) is 18.4 Å².